The number of carbonyl (C=O) groups excluding carboxylic acids is 2. The number of amides is 2. The van der Waals surface area contributed by atoms with Crippen LogP contribution in [0.15, 0.2) is 18.2 Å². The highest BCUT2D eigenvalue weighted by atomic mass is 19.4. The van der Waals surface area contributed by atoms with E-state index in [1.165, 1.54) is 6.07 Å². The number of benzene rings is 1. The van der Waals surface area contributed by atoms with Gasteiger partial charge in [-0.2, -0.15) is 18.4 Å². The van der Waals surface area contributed by atoms with Gasteiger partial charge in [0.25, 0.3) is 0 Å². The van der Waals surface area contributed by atoms with E-state index in [1.807, 2.05) is 9.80 Å². The van der Waals surface area contributed by atoms with Gasteiger partial charge in [-0.1, -0.05) is 0 Å². The molecule has 0 bridgehead atoms. The van der Waals surface area contributed by atoms with Gasteiger partial charge in [-0.3, -0.25) is 9.59 Å². The molecule has 2 amide bonds. The molecule has 1 atom stereocenters. The number of hydrogen-bond donors (Lipinski definition) is 1. The molecule has 3 aliphatic rings. The summed E-state index contributed by atoms with van der Waals surface area (Å²) in [7, 11) is 1.59. The lowest BCUT2D eigenvalue weighted by Crippen LogP contribution is -2.48. The van der Waals surface area contributed by atoms with E-state index in [9.17, 15) is 22.8 Å². The minimum atomic E-state index is -4.60. The van der Waals surface area contributed by atoms with Crippen molar-refractivity contribution in [2.45, 2.75) is 38.3 Å². The molecule has 172 valence electrons. The summed E-state index contributed by atoms with van der Waals surface area (Å²) in [5.41, 5.74) is -1.27. The maximum Gasteiger partial charge on any atom is 0.417 e. The number of halogens is 3. The number of nitrogens with one attached hydrogen (secondary N) is 1. The van der Waals surface area contributed by atoms with Crippen molar-refractivity contribution in [1.29, 1.82) is 5.26 Å². The summed E-state index contributed by atoms with van der Waals surface area (Å²) in [5.74, 6) is 0.170. The Kier molecular flexibility index (Phi) is 5.82. The number of piperidine rings is 1. The van der Waals surface area contributed by atoms with E-state index in [0.29, 0.717) is 57.0 Å². The summed E-state index contributed by atoms with van der Waals surface area (Å²) in [6.45, 7) is 1.90. The second kappa shape index (κ2) is 8.30. The summed E-state index contributed by atoms with van der Waals surface area (Å²) in [6, 6.07) is 5.40. The highest BCUT2D eigenvalue weighted by Crippen LogP contribution is 2.46. The molecule has 6 nitrogen and oxygen atoms in total. The Labute approximate surface area is 185 Å². The van der Waals surface area contributed by atoms with Crippen molar-refractivity contribution in [3.05, 3.63) is 29.3 Å². The molecule has 0 radical (unpaired) electrons. The van der Waals surface area contributed by atoms with Crippen molar-refractivity contribution in [2.24, 2.45) is 17.3 Å². The molecule has 2 aliphatic heterocycles. The van der Waals surface area contributed by atoms with Crippen LogP contribution in [0.5, 0.6) is 0 Å². The summed E-state index contributed by atoms with van der Waals surface area (Å²) in [5, 5.41) is 11.7. The van der Waals surface area contributed by atoms with Crippen LogP contribution in [0.1, 0.15) is 43.2 Å². The van der Waals surface area contributed by atoms with Crippen LogP contribution in [0.3, 0.4) is 0 Å². The maximum atomic E-state index is 13.4. The molecular weight excluding hydrogens is 421 g/mol. The SMILES string of the molecule is CNC(=O)C1CN(C(=O)CC2CC2)CC12CCN(c1ccc(C#N)c(C(F)(F)F)c1)CC2. The van der Waals surface area contributed by atoms with E-state index >= 15 is 0 Å². The quantitative estimate of drug-likeness (QED) is 0.768. The molecule has 1 aromatic rings. The van der Waals surface area contributed by atoms with Crippen molar-refractivity contribution < 1.29 is 22.8 Å². The molecule has 2 saturated heterocycles. The highest BCUT2D eigenvalue weighted by Gasteiger charge is 2.52. The second-order valence-corrected chi connectivity index (χ2v) is 9.28. The predicted molar refractivity (Wildman–Crippen MR) is 112 cm³/mol. The first kappa shape index (κ1) is 22.4. The van der Waals surface area contributed by atoms with E-state index in [-0.39, 0.29) is 23.1 Å². The molecule has 4 rings (SSSR count). The van der Waals surface area contributed by atoms with Crippen molar-refractivity contribution in [3.8, 4) is 6.07 Å². The van der Waals surface area contributed by atoms with Gasteiger partial charge in [0.2, 0.25) is 11.8 Å². The number of anilines is 1. The number of nitrogens with zero attached hydrogens (tertiary/aromatic N) is 3. The van der Waals surface area contributed by atoms with Crippen LogP contribution < -0.4 is 10.2 Å². The highest BCUT2D eigenvalue weighted by molar-refractivity contribution is 5.83. The van der Waals surface area contributed by atoms with Crippen molar-refractivity contribution in [2.75, 3.05) is 38.1 Å². The molecule has 1 aromatic carbocycles. The van der Waals surface area contributed by atoms with E-state index in [4.69, 9.17) is 5.26 Å². The van der Waals surface area contributed by atoms with Gasteiger partial charge in [-0.15, -0.1) is 0 Å². The normalized spacial score (nSPS) is 22.7. The standard InChI is InChI=1S/C23H27F3N4O2/c1-28-21(32)19-13-30(20(31)10-15-2-3-15)14-22(19)6-8-29(9-7-22)17-5-4-16(12-27)18(11-17)23(24,25)26/h4-5,11,15,19H,2-3,6-10,13-14H2,1H3,(H,28,32). The van der Waals surface area contributed by atoms with E-state index in [0.717, 1.165) is 18.9 Å². The zero-order valence-corrected chi connectivity index (χ0v) is 18.0. The minimum absolute atomic E-state index is 0.0853. The molecule has 32 heavy (non-hydrogen) atoms. The molecule has 1 N–H and O–H groups in total. The smallest absolute Gasteiger partial charge is 0.371 e. The first-order valence-corrected chi connectivity index (χ1v) is 11.0. The van der Waals surface area contributed by atoms with Crippen molar-refractivity contribution in [3.63, 3.8) is 0 Å². The molecule has 9 heteroatoms. The third-order valence-electron chi connectivity index (χ3n) is 7.28. The van der Waals surface area contributed by atoms with E-state index < -0.39 is 17.3 Å². The van der Waals surface area contributed by atoms with Gasteiger partial charge in [0, 0.05) is 50.7 Å². The van der Waals surface area contributed by atoms with Crippen LogP contribution in [0.25, 0.3) is 0 Å². The molecule has 1 saturated carbocycles. The lowest BCUT2D eigenvalue weighted by molar-refractivity contribution is -0.137. The second-order valence-electron chi connectivity index (χ2n) is 9.28. The lowest BCUT2D eigenvalue weighted by atomic mass is 9.70. The predicted octanol–water partition coefficient (Wildman–Crippen LogP) is 3.17. The monoisotopic (exact) mass is 448 g/mol. The molecular formula is C23H27F3N4O2. The van der Waals surface area contributed by atoms with Crippen LogP contribution in [0, 0.1) is 28.6 Å². The summed E-state index contributed by atoms with van der Waals surface area (Å²) < 4.78 is 40.1. The molecule has 1 aliphatic carbocycles. The first-order valence-electron chi connectivity index (χ1n) is 11.0. The Hall–Kier alpha value is -2.76. The maximum absolute atomic E-state index is 13.4. The summed E-state index contributed by atoms with van der Waals surface area (Å²) >= 11 is 0. The largest absolute Gasteiger partial charge is 0.417 e. The molecule has 1 unspecified atom stereocenters. The Morgan fingerprint density at radius 3 is 2.50 bits per heavy atom. The number of hydrogen-bond acceptors (Lipinski definition) is 4. The summed E-state index contributed by atoms with van der Waals surface area (Å²) in [6.07, 6.45) is -0.671. The number of alkyl halides is 3. The molecule has 3 fully saturated rings. The third kappa shape index (κ3) is 4.27. The zero-order chi connectivity index (χ0) is 23.1. The number of nitriles is 1. The van der Waals surface area contributed by atoms with Crippen molar-refractivity contribution in [1.82, 2.24) is 10.2 Å². The number of rotatable bonds is 4. The average molecular weight is 448 g/mol. The molecule has 1 spiro atoms. The third-order valence-corrected chi connectivity index (χ3v) is 7.28. The summed E-state index contributed by atoms with van der Waals surface area (Å²) in [4.78, 5) is 29.0. The lowest BCUT2D eigenvalue weighted by Gasteiger charge is -2.43. The fraction of sp³-hybridized carbons (Fsp3) is 0.609. The zero-order valence-electron chi connectivity index (χ0n) is 18.0. The Bertz CT molecular complexity index is 944. The number of carbonyl (C=O) groups is 2. The Morgan fingerprint density at radius 1 is 1.25 bits per heavy atom. The van der Waals surface area contributed by atoms with Crippen LogP contribution in [-0.4, -0.2) is 49.9 Å². The Balaban J connectivity index is 1.51. The van der Waals surface area contributed by atoms with Gasteiger partial charge in [0.05, 0.1) is 23.1 Å². The van der Waals surface area contributed by atoms with E-state index in [2.05, 4.69) is 5.32 Å². The van der Waals surface area contributed by atoms with Gasteiger partial charge in [0.1, 0.15) is 0 Å². The van der Waals surface area contributed by atoms with Crippen LogP contribution in [0.4, 0.5) is 18.9 Å². The fourth-order valence-electron chi connectivity index (χ4n) is 5.17. The van der Waals surface area contributed by atoms with E-state index in [1.54, 1.807) is 19.2 Å². The topological polar surface area (TPSA) is 76.4 Å². The van der Waals surface area contributed by atoms with Crippen molar-refractivity contribution >= 4 is 17.5 Å². The van der Waals surface area contributed by atoms with Gasteiger partial charge in [-0.25, -0.2) is 0 Å². The van der Waals surface area contributed by atoms with Gasteiger partial charge < -0.3 is 15.1 Å². The molecule has 0 aromatic heterocycles. The van der Waals surface area contributed by atoms with Crippen LogP contribution in [-0.2, 0) is 15.8 Å². The fourth-order valence-corrected chi connectivity index (χ4v) is 5.17. The van der Waals surface area contributed by atoms with Gasteiger partial charge >= 0.3 is 6.18 Å². The minimum Gasteiger partial charge on any atom is -0.371 e. The number of likely N-dealkylation sites (tertiary alicyclic amines) is 1. The average Bonchev–Trinajstić information content (AvgIpc) is 3.52. The Morgan fingerprint density at radius 2 is 1.94 bits per heavy atom. The van der Waals surface area contributed by atoms with Gasteiger partial charge in [-0.05, 0) is 49.8 Å². The first-order chi connectivity index (χ1) is 15.2. The van der Waals surface area contributed by atoms with Gasteiger partial charge in [0.15, 0.2) is 0 Å². The molecule has 2 heterocycles. The van der Waals surface area contributed by atoms with Crippen LogP contribution >= 0.6 is 0 Å². The van der Waals surface area contributed by atoms with Crippen LogP contribution in [0.2, 0.25) is 0 Å².